The molecule has 2 fully saturated rings. The van der Waals surface area contributed by atoms with Crippen LogP contribution in [0.4, 0.5) is 5.95 Å². The summed E-state index contributed by atoms with van der Waals surface area (Å²) in [6.07, 6.45) is 3.43. The first-order valence-corrected chi connectivity index (χ1v) is 11.3. The van der Waals surface area contributed by atoms with Gasteiger partial charge >= 0.3 is 5.97 Å². The SMILES string of the molecule is CC(=O)O[C@]1(C)CCC[C@@H]1n1c(=O)c(C(C)=O)c(C)c2cnc(N[C@@H]3CCOC[C@H]3O)nc21. The molecule has 2 aromatic rings. The molecule has 2 N–H and O–H groups in total. The number of ketones is 1. The monoisotopic (exact) mass is 458 g/mol. The Labute approximate surface area is 191 Å². The van der Waals surface area contributed by atoms with Crippen LogP contribution in [0.3, 0.4) is 0 Å². The molecule has 1 aliphatic carbocycles. The lowest BCUT2D eigenvalue weighted by atomic mass is 9.97. The molecule has 0 bridgehead atoms. The molecule has 3 heterocycles. The van der Waals surface area contributed by atoms with Gasteiger partial charge in [0.25, 0.3) is 5.56 Å². The van der Waals surface area contributed by atoms with E-state index >= 15 is 0 Å². The zero-order valence-electron chi connectivity index (χ0n) is 19.4. The minimum Gasteiger partial charge on any atom is -0.457 e. The molecular formula is C23H30N4O6. The molecule has 1 saturated carbocycles. The third-order valence-electron chi connectivity index (χ3n) is 6.75. The number of aromatic nitrogens is 3. The molecule has 0 spiro atoms. The minimum absolute atomic E-state index is 0.0868. The first-order chi connectivity index (χ1) is 15.6. The van der Waals surface area contributed by atoms with Crippen molar-refractivity contribution in [2.75, 3.05) is 18.5 Å². The number of fused-ring (bicyclic) bond motifs is 1. The van der Waals surface area contributed by atoms with Crippen LogP contribution in [0.5, 0.6) is 0 Å². The second-order valence-corrected chi connectivity index (χ2v) is 9.16. The van der Waals surface area contributed by atoms with Gasteiger partial charge in [-0.15, -0.1) is 0 Å². The molecular weight excluding hydrogens is 428 g/mol. The summed E-state index contributed by atoms with van der Waals surface area (Å²) in [5.74, 6) is -0.497. The molecule has 0 amide bonds. The number of carbonyl (C=O) groups excluding carboxylic acids is 2. The standard InChI is InChI=1S/C23H30N4O6/c1-12-15-10-24-22(25-16-7-9-32-11-17(16)30)26-20(15)27(21(31)19(12)13(2)28)18-6-5-8-23(18,4)33-14(3)29/h10,16-18,30H,5-9,11H2,1-4H3,(H,24,25,26)/t16-,17-,18+,23-/m1/s1. The lowest BCUT2D eigenvalue weighted by molar-refractivity contribution is -0.158. The fraction of sp³-hybridized carbons (Fsp3) is 0.609. The molecule has 4 rings (SSSR count). The summed E-state index contributed by atoms with van der Waals surface area (Å²) in [7, 11) is 0. The summed E-state index contributed by atoms with van der Waals surface area (Å²) >= 11 is 0. The van der Waals surface area contributed by atoms with Crippen LogP contribution in [-0.4, -0.2) is 62.4 Å². The molecule has 10 nitrogen and oxygen atoms in total. The van der Waals surface area contributed by atoms with Gasteiger partial charge in [0.2, 0.25) is 5.95 Å². The quantitative estimate of drug-likeness (QED) is 0.509. The van der Waals surface area contributed by atoms with Gasteiger partial charge in [-0.05, 0) is 52.0 Å². The number of aliphatic hydroxyl groups is 1. The second-order valence-electron chi connectivity index (χ2n) is 9.16. The Kier molecular flexibility index (Phi) is 6.24. The maximum absolute atomic E-state index is 13.6. The van der Waals surface area contributed by atoms with E-state index < -0.39 is 29.3 Å². The second kappa shape index (κ2) is 8.83. The van der Waals surface area contributed by atoms with E-state index in [0.717, 1.165) is 6.42 Å². The van der Waals surface area contributed by atoms with Crippen molar-refractivity contribution in [1.29, 1.82) is 0 Å². The number of pyridine rings is 1. The van der Waals surface area contributed by atoms with Crippen LogP contribution in [0.1, 0.15) is 68.4 Å². The number of aliphatic hydroxyl groups excluding tert-OH is 1. The summed E-state index contributed by atoms with van der Waals surface area (Å²) in [6, 6.07) is -0.765. The number of ether oxygens (including phenoxy) is 2. The Bertz CT molecular complexity index is 1160. The van der Waals surface area contributed by atoms with Crippen molar-refractivity contribution < 1.29 is 24.2 Å². The first-order valence-electron chi connectivity index (χ1n) is 11.3. The molecule has 0 aromatic carbocycles. The van der Waals surface area contributed by atoms with Crippen molar-refractivity contribution in [2.24, 2.45) is 0 Å². The summed E-state index contributed by atoms with van der Waals surface area (Å²) in [5.41, 5.74) is -0.380. The fourth-order valence-corrected chi connectivity index (χ4v) is 5.13. The van der Waals surface area contributed by atoms with E-state index in [9.17, 15) is 19.5 Å². The van der Waals surface area contributed by atoms with Crippen molar-refractivity contribution in [3.8, 4) is 0 Å². The van der Waals surface area contributed by atoms with E-state index in [1.165, 1.54) is 18.4 Å². The van der Waals surface area contributed by atoms with Crippen LogP contribution in [-0.2, 0) is 14.3 Å². The molecule has 33 heavy (non-hydrogen) atoms. The molecule has 2 aliphatic rings. The molecule has 1 saturated heterocycles. The highest BCUT2D eigenvalue weighted by Gasteiger charge is 2.44. The molecule has 0 unspecified atom stereocenters. The Hall–Kier alpha value is -2.85. The Morgan fingerprint density at radius 2 is 2.09 bits per heavy atom. The van der Waals surface area contributed by atoms with E-state index in [1.54, 1.807) is 13.1 Å². The van der Waals surface area contributed by atoms with E-state index in [2.05, 4.69) is 15.3 Å². The minimum atomic E-state index is -0.901. The number of rotatable bonds is 5. The zero-order valence-corrected chi connectivity index (χ0v) is 19.4. The smallest absolute Gasteiger partial charge is 0.303 e. The Morgan fingerprint density at radius 3 is 2.76 bits per heavy atom. The number of aryl methyl sites for hydroxylation is 1. The fourth-order valence-electron chi connectivity index (χ4n) is 5.13. The average molecular weight is 459 g/mol. The van der Waals surface area contributed by atoms with Crippen molar-refractivity contribution in [1.82, 2.24) is 14.5 Å². The van der Waals surface area contributed by atoms with Gasteiger partial charge in [-0.3, -0.25) is 19.0 Å². The normalized spacial score (nSPS) is 27.5. The van der Waals surface area contributed by atoms with Gasteiger partial charge in [0, 0.05) is 25.1 Å². The van der Waals surface area contributed by atoms with Gasteiger partial charge in [0.05, 0.1) is 30.4 Å². The molecule has 10 heteroatoms. The van der Waals surface area contributed by atoms with Gasteiger partial charge < -0.3 is 19.9 Å². The maximum atomic E-state index is 13.6. The van der Waals surface area contributed by atoms with Gasteiger partial charge in [0.1, 0.15) is 11.2 Å². The van der Waals surface area contributed by atoms with E-state index in [-0.39, 0.29) is 29.9 Å². The third kappa shape index (κ3) is 4.24. The number of Topliss-reactive ketones (excluding diaryl/α,β-unsaturated/α-hetero) is 1. The summed E-state index contributed by atoms with van der Waals surface area (Å²) < 4.78 is 12.5. The van der Waals surface area contributed by atoms with E-state index in [0.29, 0.717) is 42.5 Å². The third-order valence-corrected chi connectivity index (χ3v) is 6.75. The molecule has 2 aromatic heterocycles. The van der Waals surface area contributed by atoms with Gasteiger partial charge in [-0.25, -0.2) is 4.98 Å². The number of nitrogens with zero attached hydrogens (tertiary/aromatic N) is 3. The highest BCUT2D eigenvalue weighted by Crippen LogP contribution is 2.42. The summed E-state index contributed by atoms with van der Waals surface area (Å²) in [6.45, 7) is 6.97. The molecule has 4 atom stereocenters. The topological polar surface area (TPSA) is 133 Å². The van der Waals surface area contributed by atoms with Crippen LogP contribution < -0.4 is 10.9 Å². The van der Waals surface area contributed by atoms with Gasteiger partial charge in [-0.2, -0.15) is 4.98 Å². The number of carbonyl (C=O) groups is 2. The summed E-state index contributed by atoms with van der Waals surface area (Å²) in [5, 5.41) is 14.0. The maximum Gasteiger partial charge on any atom is 0.303 e. The van der Waals surface area contributed by atoms with Crippen molar-refractivity contribution >= 4 is 28.7 Å². The zero-order chi connectivity index (χ0) is 23.9. The molecule has 1 aliphatic heterocycles. The lowest BCUT2D eigenvalue weighted by Gasteiger charge is -2.33. The van der Waals surface area contributed by atoms with Crippen LogP contribution in [0, 0.1) is 6.92 Å². The van der Waals surface area contributed by atoms with E-state index in [4.69, 9.17) is 9.47 Å². The highest BCUT2D eigenvalue weighted by molar-refractivity contribution is 5.99. The van der Waals surface area contributed by atoms with Crippen LogP contribution >= 0.6 is 0 Å². The van der Waals surface area contributed by atoms with Crippen molar-refractivity contribution in [3.05, 3.63) is 27.7 Å². The van der Waals surface area contributed by atoms with Gasteiger partial charge in [0.15, 0.2) is 5.78 Å². The van der Waals surface area contributed by atoms with Gasteiger partial charge in [-0.1, -0.05) is 0 Å². The highest BCUT2D eigenvalue weighted by atomic mass is 16.6. The average Bonchev–Trinajstić information content (AvgIpc) is 3.09. The van der Waals surface area contributed by atoms with Crippen LogP contribution in [0.15, 0.2) is 11.0 Å². The molecule has 0 radical (unpaired) electrons. The number of anilines is 1. The molecule has 178 valence electrons. The first kappa shape index (κ1) is 23.3. The van der Waals surface area contributed by atoms with E-state index in [1.807, 2.05) is 6.92 Å². The largest absolute Gasteiger partial charge is 0.457 e. The van der Waals surface area contributed by atoms with Crippen LogP contribution in [0.2, 0.25) is 0 Å². The Morgan fingerprint density at radius 1 is 1.33 bits per heavy atom. The lowest BCUT2D eigenvalue weighted by Crippen LogP contribution is -2.43. The van der Waals surface area contributed by atoms with Crippen molar-refractivity contribution in [3.63, 3.8) is 0 Å². The number of hydrogen-bond donors (Lipinski definition) is 2. The predicted molar refractivity (Wildman–Crippen MR) is 120 cm³/mol. The van der Waals surface area contributed by atoms with Crippen LogP contribution in [0.25, 0.3) is 11.0 Å². The van der Waals surface area contributed by atoms with Crippen molar-refractivity contribution in [2.45, 2.75) is 77.2 Å². The number of nitrogens with one attached hydrogen (secondary N) is 1. The Balaban J connectivity index is 1.90. The summed E-state index contributed by atoms with van der Waals surface area (Å²) in [4.78, 5) is 46.9. The number of esters is 1. The number of hydrogen-bond acceptors (Lipinski definition) is 9. The predicted octanol–water partition coefficient (Wildman–Crippen LogP) is 1.91.